The van der Waals surface area contributed by atoms with E-state index in [0.29, 0.717) is 33.9 Å². The second kappa shape index (κ2) is 11.5. The number of aromatic nitrogens is 4. The molecule has 0 unspecified atom stereocenters. The molecule has 0 radical (unpaired) electrons. The van der Waals surface area contributed by atoms with Crippen molar-refractivity contribution in [3.63, 3.8) is 0 Å². The predicted octanol–water partition coefficient (Wildman–Crippen LogP) is 4.85. The Morgan fingerprint density at radius 2 is 1.35 bits per heavy atom. The van der Waals surface area contributed by atoms with E-state index in [1.165, 1.54) is 41.1 Å². The van der Waals surface area contributed by atoms with Crippen LogP contribution in [0.5, 0.6) is 0 Å². The molecule has 196 valence electrons. The van der Waals surface area contributed by atoms with Crippen LogP contribution >= 0.6 is 0 Å². The lowest BCUT2D eigenvalue weighted by molar-refractivity contribution is -0.385. The minimum Gasteiger partial charge on any atom is -0.269 e. The molecule has 2 aromatic carbocycles. The van der Waals surface area contributed by atoms with E-state index in [1.807, 2.05) is 6.92 Å². The van der Waals surface area contributed by atoms with Crippen molar-refractivity contribution >= 4 is 22.7 Å². The number of nitro benzene ring substituents is 2. The van der Waals surface area contributed by atoms with Gasteiger partial charge in [-0.2, -0.15) is 20.4 Å². The Balaban J connectivity index is 1.56. The lowest BCUT2D eigenvalue weighted by Gasteiger charge is -1.95. The number of nitro groups is 2. The van der Waals surface area contributed by atoms with Gasteiger partial charge in [-0.3, -0.25) is 29.6 Å². The highest BCUT2D eigenvalue weighted by Crippen LogP contribution is 2.27. The van der Waals surface area contributed by atoms with E-state index in [4.69, 9.17) is 0 Å². The highest BCUT2D eigenvalue weighted by molar-refractivity contribution is 5.61. The van der Waals surface area contributed by atoms with Gasteiger partial charge >= 0.3 is 5.69 Å². The molecular weight excluding hydrogens is 516 g/mol. The average molecular weight is 536 g/mol. The topological polar surface area (TPSA) is 175 Å². The van der Waals surface area contributed by atoms with Gasteiger partial charge in [0.1, 0.15) is 12.2 Å². The molecule has 0 fully saturated rings. The molecule has 2 heterocycles. The van der Waals surface area contributed by atoms with Gasteiger partial charge in [0.2, 0.25) is 11.1 Å². The molecule has 0 bridgehead atoms. The maximum atomic E-state index is 10.8. The van der Waals surface area contributed by atoms with Crippen LogP contribution in [0.2, 0.25) is 0 Å². The molecule has 0 aliphatic carbocycles. The van der Waals surface area contributed by atoms with Gasteiger partial charge in [-0.25, -0.2) is 0 Å². The van der Waals surface area contributed by atoms with Crippen molar-refractivity contribution in [2.45, 2.75) is 13.5 Å². The van der Waals surface area contributed by atoms with E-state index in [9.17, 15) is 25.6 Å². The minimum absolute atomic E-state index is 0.00562. The van der Waals surface area contributed by atoms with Crippen LogP contribution in [0, 0.1) is 56.2 Å². The van der Waals surface area contributed by atoms with Crippen molar-refractivity contribution in [1.29, 1.82) is 5.39 Å². The van der Waals surface area contributed by atoms with Crippen molar-refractivity contribution in [1.82, 2.24) is 19.6 Å². The Morgan fingerprint density at radius 3 is 1.85 bits per heavy atom. The number of nitrogens with zero attached hydrogens (tertiary/aromatic N) is 10. The third-order valence-corrected chi connectivity index (χ3v) is 5.74. The highest BCUT2D eigenvalue weighted by Gasteiger charge is 2.26. The van der Waals surface area contributed by atoms with Crippen molar-refractivity contribution < 1.29 is 9.85 Å². The molecule has 2 aromatic heterocycles. The number of non-ortho nitro benzene ring substituents is 2. The molecule has 0 aliphatic heterocycles. The summed E-state index contributed by atoms with van der Waals surface area (Å²) in [7, 11) is 3.39. The molecular formula is C26H19N10O4+. The molecule has 0 atom stereocenters. The summed E-state index contributed by atoms with van der Waals surface area (Å²) in [5, 5.41) is 48.5. The monoisotopic (exact) mass is 535 g/mol. The molecule has 14 nitrogen and oxygen atoms in total. The Hall–Kier alpha value is -6.20. The van der Waals surface area contributed by atoms with Crippen LogP contribution in [0.1, 0.15) is 33.9 Å². The Bertz CT molecular complexity index is 1820. The summed E-state index contributed by atoms with van der Waals surface area (Å²) >= 11 is 0. The maximum Gasteiger partial charge on any atom is 0.443 e. The van der Waals surface area contributed by atoms with Crippen LogP contribution in [0.4, 0.5) is 22.7 Å². The van der Waals surface area contributed by atoms with Crippen LogP contribution in [0.3, 0.4) is 0 Å². The predicted molar refractivity (Wildman–Crippen MR) is 142 cm³/mol. The quantitative estimate of drug-likeness (QED) is 0.115. The highest BCUT2D eigenvalue weighted by atomic mass is 16.6. The summed E-state index contributed by atoms with van der Waals surface area (Å²) in [5.74, 6) is 11.5. The molecule has 0 saturated carbocycles. The normalized spacial score (nSPS) is 10.3. The number of hydrogen-bond donors (Lipinski definition) is 0. The minimum atomic E-state index is -0.499. The molecule has 40 heavy (non-hydrogen) atoms. The molecule has 0 spiro atoms. The average Bonchev–Trinajstić information content (AvgIpc) is 3.40. The molecule has 4 rings (SSSR count). The molecule has 0 aliphatic rings. The SMILES string of the molecule is Cc1c(N=NCc2c([N+]#N)c(C#Cc3ccc([N+](=O)[O-])cc3)nn2C)c(C#Cc2ccc([N+](=O)[O-])cc2)nn1C. The number of hydrogen-bond acceptors (Lipinski definition) is 9. The van der Waals surface area contributed by atoms with Crippen molar-refractivity contribution in [3.05, 3.63) is 108 Å². The fraction of sp³-hybridized carbons (Fsp3) is 0.154. The van der Waals surface area contributed by atoms with Gasteiger partial charge in [-0.15, -0.1) is 0 Å². The van der Waals surface area contributed by atoms with Crippen molar-refractivity contribution in [2.24, 2.45) is 24.3 Å². The zero-order valence-corrected chi connectivity index (χ0v) is 21.4. The van der Waals surface area contributed by atoms with Gasteiger partial charge < -0.3 is 0 Å². The summed E-state index contributed by atoms with van der Waals surface area (Å²) in [5.41, 5.74) is 3.30. The second-order valence-electron chi connectivity index (χ2n) is 8.28. The molecule has 0 N–H and O–H groups in total. The lowest BCUT2D eigenvalue weighted by atomic mass is 10.2. The Labute approximate surface area is 226 Å². The largest absolute Gasteiger partial charge is 0.443 e. The van der Waals surface area contributed by atoms with Crippen molar-refractivity contribution in [3.8, 4) is 23.7 Å². The summed E-state index contributed by atoms with van der Waals surface area (Å²) in [6, 6.07) is 11.5. The van der Waals surface area contributed by atoms with Crippen LogP contribution in [-0.2, 0) is 20.6 Å². The summed E-state index contributed by atoms with van der Waals surface area (Å²) in [4.78, 5) is 24.0. The van der Waals surface area contributed by atoms with Crippen LogP contribution in [-0.4, -0.2) is 29.4 Å². The van der Waals surface area contributed by atoms with Gasteiger partial charge in [-0.1, -0.05) is 11.8 Å². The van der Waals surface area contributed by atoms with Crippen molar-refractivity contribution in [2.75, 3.05) is 0 Å². The zero-order valence-electron chi connectivity index (χ0n) is 21.4. The number of benzene rings is 2. The number of azo groups is 1. The Kier molecular flexibility index (Phi) is 7.69. The van der Waals surface area contributed by atoms with Gasteiger partial charge in [-0.05, 0) is 43.0 Å². The first-order valence-corrected chi connectivity index (χ1v) is 11.5. The Morgan fingerprint density at radius 1 is 0.850 bits per heavy atom. The molecule has 0 amide bonds. The van der Waals surface area contributed by atoms with Crippen LogP contribution < -0.4 is 0 Å². The van der Waals surface area contributed by atoms with E-state index < -0.39 is 9.85 Å². The number of diazo groups is 1. The van der Waals surface area contributed by atoms with Crippen LogP contribution in [0.25, 0.3) is 4.98 Å². The fourth-order valence-electron chi connectivity index (χ4n) is 3.48. The van der Waals surface area contributed by atoms with Crippen LogP contribution in [0.15, 0.2) is 58.8 Å². The molecule has 0 saturated heterocycles. The smallest absolute Gasteiger partial charge is 0.269 e. The molecule has 4 aromatic rings. The van der Waals surface area contributed by atoms with E-state index in [1.54, 1.807) is 30.9 Å². The van der Waals surface area contributed by atoms with E-state index in [0.717, 1.165) is 0 Å². The third kappa shape index (κ3) is 5.85. The zero-order chi connectivity index (χ0) is 28.8. The number of rotatable bonds is 5. The first-order chi connectivity index (χ1) is 19.2. The maximum absolute atomic E-state index is 10.8. The fourth-order valence-corrected chi connectivity index (χ4v) is 3.48. The van der Waals surface area contributed by atoms with Gasteiger partial charge in [0.15, 0.2) is 16.4 Å². The van der Waals surface area contributed by atoms with E-state index >= 15 is 0 Å². The van der Waals surface area contributed by atoms with E-state index in [2.05, 4.69) is 49.1 Å². The summed E-state index contributed by atoms with van der Waals surface area (Å²) in [6.07, 6.45) is 0. The van der Waals surface area contributed by atoms with E-state index in [-0.39, 0.29) is 29.3 Å². The first kappa shape index (κ1) is 26.9. The van der Waals surface area contributed by atoms with Gasteiger partial charge in [0.05, 0.1) is 15.5 Å². The standard InChI is InChI=1S/C26H19N10O4/c1-17-25(22(31-33(17)2)14-8-18-4-10-20(11-5-18)35(37)38)30-28-16-24-26(29-27)23(32-34(24)3)15-9-19-6-12-21(13-7-19)36(39)40/h4-7,10-13H,16H2,1-3H3/q+1. The lowest BCUT2D eigenvalue weighted by Crippen LogP contribution is -1.96. The number of aryl methyl sites for hydroxylation is 2. The third-order valence-electron chi connectivity index (χ3n) is 5.74. The van der Waals surface area contributed by atoms with Gasteiger partial charge in [0, 0.05) is 49.5 Å². The second-order valence-corrected chi connectivity index (χ2v) is 8.28. The first-order valence-electron chi connectivity index (χ1n) is 11.5. The summed E-state index contributed by atoms with van der Waals surface area (Å²) < 4.78 is 3.08. The van der Waals surface area contributed by atoms with Gasteiger partial charge in [0.25, 0.3) is 11.4 Å². The summed E-state index contributed by atoms with van der Waals surface area (Å²) in [6.45, 7) is 1.81. The molecule has 14 heteroatoms.